The lowest BCUT2D eigenvalue weighted by Gasteiger charge is -2.46. The van der Waals surface area contributed by atoms with Crippen molar-refractivity contribution in [3.8, 4) is 0 Å². The first-order valence-electron chi connectivity index (χ1n) is 7.43. The van der Waals surface area contributed by atoms with E-state index in [0.29, 0.717) is 0 Å². The second-order valence-electron chi connectivity index (χ2n) is 5.85. The van der Waals surface area contributed by atoms with Gasteiger partial charge < -0.3 is 10.1 Å². The number of aryl methyl sites for hydroxylation is 1. The van der Waals surface area contributed by atoms with Crippen LogP contribution in [-0.4, -0.2) is 50.8 Å². The molecule has 3 heteroatoms. The normalized spacial score (nSPS) is 23.0. The van der Waals surface area contributed by atoms with Crippen LogP contribution in [0.3, 0.4) is 0 Å². The van der Waals surface area contributed by atoms with E-state index in [4.69, 9.17) is 4.74 Å². The summed E-state index contributed by atoms with van der Waals surface area (Å²) in [5, 5.41) is 3.42. The van der Waals surface area contributed by atoms with Gasteiger partial charge in [-0.1, -0.05) is 31.2 Å². The zero-order chi connectivity index (χ0) is 13.1. The SMILES string of the molecule is CCc1ccc(C2(CN3CCNCC3)COC2)cc1. The molecule has 19 heavy (non-hydrogen) atoms. The maximum atomic E-state index is 5.55. The van der Waals surface area contributed by atoms with E-state index in [0.717, 1.165) is 52.4 Å². The largest absolute Gasteiger partial charge is 0.379 e. The molecular formula is C16H24N2O. The Labute approximate surface area is 115 Å². The van der Waals surface area contributed by atoms with Crippen molar-refractivity contribution in [1.82, 2.24) is 10.2 Å². The van der Waals surface area contributed by atoms with Crippen LogP contribution in [0.15, 0.2) is 24.3 Å². The van der Waals surface area contributed by atoms with E-state index in [9.17, 15) is 0 Å². The van der Waals surface area contributed by atoms with Gasteiger partial charge in [-0.3, -0.25) is 4.90 Å². The monoisotopic (exact) mass is 260 g/mol. The maximum absolute atomic E-state index is 5.55. The first-order chi connectivity index (χ1) is 9.32. The fourth-order valence-corrected chi connectivity index (χ4v) is 3.09. The van der Waals surface area contributed by atoms with Crippen LogP contribution in [0.5, 0.6) is 0 Å². The highest BCUT2D eigenvalue weighted by Gasteiger charge is 2.41. The highest BCUT2D eigenvalue weighted by atomic mass is 16.5. The van der Waals surface area contributed by atoms with Crippen molar-refractivity contribution in [2.75, 3.05) is 45.9 Å². The highest BCUT2D eigenvalue weighted by molar-refractivity contribution is 5.32. The number of benzene rings is 1. The van der Waals surface area contributed by atoms with Crippen LogP contribution in [0.2, 0.25) is 0 Å². The minimum atomic E-state index is 0.240. The molecule has 0 aromatic heterocycles. The molecule has 3 nitrogen and oxygen atoms in total. The third-order valence-electron chi connectivity index (χ3n) is 4.47. The van der Waals surface area contributed by atoms with Crippen LogP contribution in [0.1, 0.15) is 18.1 Å². The van der Waals surface area contributed by atoms with Crippen molar-refractivity contribution >= 4 is 0 Å². The van der Waals surface area contributed by atoms with Crippen molar-refractivity contribution in [3.63, 3.8) is 0 Å². The van der Waals surface area contributed by atoms with E-state index in [1.165, 1.54) is 11.1 Å². The van der Waals surface area contributed by atoms with E-state index < -0.39 is 0 Å². The number of piperazine rings is 1. The molecule has 2 fully saturated rings. The van der Waals surface area contributed by atoms with Gasteiger partial charge in [-0.15, -0.1) is 0 Å². The first kappa shape index (κ1) is 13.1. The molecule has 2 aliphatic heterocycles. The highest BCUT2D eigenvalue weighted by Crippen LogP contribution is 2.33. The van der Waals surface area contributed by atoms with Gasteiger partial charge in [-0.2, -0.15) is 0 Å². The summed E-state index contributed by atoms with van der Waals surface area (Å²) in [7, 11) is 0. The van der Waals surface area contributed by atoms with Crippen molar-refractivity contribution in [2.45, 2.75) is 18.8 Å². The Morgan fingerprint density at radius 3 is 2.37 bits per heavy atom. The van der Waals surface area contributed by atoms with E-state index in [1.807, 2.05) is 0 Å². The quantitative estimate of drug-likeness (QED) is 0.886. The molecule has 2 aliphatic rings. The molecule has 104 valence electrons. The van der Waals surface area contributed by atoms with Crippen LogP contribution in [0, 0.1) is 0 Å². The average Bonchev–Trinajstić information content (AvgIpc) is 2.44. The molecule has 0 atom stereocenters. The van der Waals surface area contributed by atoms with Gasteiger partial charge in [-0.25, -0.2) is 0 Å². The summed E-state index contributed by atoms with van der Waals surface area (Å²) in [5.74, 6) is 0. The summed E-state index contributed by atoms with van der Waals surface area (Å²) >= 11 is 0. The molecular weight excluding hydrogens is 236 g/mol. The molecule has 1 aromatic rings. The van der Waals surface area contributed by atoms with Crippen molar-refractivity contribution < 1.29 is 4.74 Å². The number of ether oxygens (including phenoxy) is 1. The summed E-state index contributed by atoms with van der Waals surface area (Å²) in [6.45, 7) is 9.66. The average molecular weight is 260 g/mol. The Morgan fingerprint density at radius 1 is 1.16 bits per heavy atom. The van der Waals surface area contributed by atoms with E-state index in [2.05, 4.69) is 41.4 Å². The van der Waals surface area contributed by atoms with Gasteiger partial charge in [0.2, 0.25) is 0 Å². The summed E-state index contributed by atoms with van der Waals surface area (Å²) in [6.07, 6.45) is 1.11. The van der Waals surface area contributed by atoms with Crippen molar-refractivity contribution in [2.24, 2.45) is 0 Å². The van der Waals surface area contributed by atoms with Crippen LogP contribution in [-0.2, 0) is 16.6 Å². The van der Waals surface area contributed by atoms with E-state index in [-0.39, 0.29) is 5.41 Å². The van der Waals surface area contributed by atoms with Gasteiger partial charge >= 0.3 is 0 Å². The minimum Gasteiger partial charge on any atom is -0.379 e. The molecule has 3 rings (SSSR count). The Kier molecular flexibility index (Phi) is 3.87. The smallest absolute Gasteiger partial charge is 0.0598 e. The lowest BCUT2D eigenvalue weighted by Crippen LogP contribution is -2.57. The molecule has 1 N–H and O–H groups in total. The van der Waals surface area contributed by atoms with Gasteiger partial charge in [0.25, 0.3) is 0 Å². The molecule has 0 bridgehead atoms. The van der Waals surface area contributed by atoms with Gasteiger partial charge in [0.05, 0.1) is 18.6 Å². The lowest BCUT2D eigenvalue weighted by atomic mass is 9.77. The van der Waals surface area contributed by atoms with Crippen LogP contribution >= 0.6 is 0 Å². The zero-order valence-corrected chi connectivity index (χ0v) is 11.8. The van der Waals surface area contributed by atoms with Crippen LogP contribution < -0.4 is 5.32 Å². The van der Waals surface area contributed by atoms with Crippen molar-refractivity contribution in [1.29, 1.82) is 0 Å². The molecule has 2 saturated heterocycles. The fraction of sp³-hybridized carbons (Fsp3) is 0.625. The van der Waals surface area contributed by atoms with E-state index >= 15 is 0 Å². The number of hydrogen-bond donors (Lipinski definition) is 1. The molecule has 0 unspecified atom stereocenters. The summed E-state index contributed by atoms with van der Waals surface area (Å²) in [4.78, 5) is 2.58. The molecule has 0 aliphatic carbocycles. The molecule has 2 heterocycles. The van der Waals surface area contributed by atoms with Crippen LogP contribution in [0.25, 0.3) is 0 Å². The molecule has 0 saturated carbocycles. The topological polar surface area (TPSA) is 24.5 Å². The third kappa shape index (κ3) is 2.69. The lowest BCUT2D eigenvalue weighted by molar-refractivity contribution is -0.0756. The maximum Gasteiger partial charge on any atom is 0.0598 e. The zero-order valence-electron chi connectivity index (χ0n) is 11.8. The number of nitrogens with zero attached hydrogens (tertiary/aromatic N) is 1. The number of hydrogen-bond acceptors (Lipinski definition) is 3. The minimum absolute atomic E-state index is 0.240. The first-order valence-corrected chi connectivity index (χ1v) is 7.43. The standard InChI is InChI=1S/C16H24N2O/c1-2-14-3-5-15(6-4-14)16(12-19-13-16)11-18-9-7-17-8-10-18/h3-6,17H,2,7-13H2,1H3. The second kappa shape index (κ2) is 5.61. The predicted molar refractivity (Wildman–Crippen MR) is 77.6 cm³/mol. The van der Waals surface area contributed by atoms with Gasteiger partial charge in [0.15, 0.2) is 0 Å². The molecule has 0 radical (unpaired) electrons. The van der Waals surface area contributed by atoms with Gasteiger partial charge in [0, 0.05) is 32.7 Å². The van der Waals surface area contributed by atoms with E-state index in [1.54, 1.807) is 0 Å². The summed E-state index contributed by atoms with van der Waals surface area (Å²) < 4.78 is 5.55. The predicted octanol–water partition coefficient (Wildman–Crippen LogP) is 1.42. The number of nitrogens with one attached hydrogen (secondary N) is 1. The molecule has 1 aromatic carbocycles. The molecule has 0 spiro atoms. The summed E-state index contributed by atoms with van der Waals surface area (Å²) in [5.41, 5.74) is 3.11. The summed E-state index contributed by atoms with van der Waals surface area (Å²) in [6, 6.07) is 9.16. The third-order valence-corrected chi connectivity index (χ3v) is 4.47. The second-order valence-corrected chi connectivity index (χ2v) is 5.85. The van der Waals surface area contributed by atoms with Crippen molar-refractivity contribution in [3.05, 3.63) is 35.4 Å². The fourth-order valence-electron chi connectivity index (χ4n) is 3.09. The number of rotatable bonds is 4. The van der Waals surface area contributed by atoms with Crippen LogP contribution in [0.4, 0.5) is 0 Å². The Hall–Kier alpha value is -0.900. The van der Waals surface area contributed by atoms with Gasteiger partial charge in [0.1, 0.15) is 0 Å². The Morgan fingerprint density at radius 2 is 1.84 bits per heavy atom. The Balaban J connectivity index is 1.73. The molecule has 0 amide bonds. The Bertz CT molecular complexity index is 405. The van der Waals surface area contributed by atoms with Gasteiger partial charge in [-0.05, 0) is 17.5 Å².